The summed E-state index contributed by atoms with van der Waals surface area (Å²) in [6.07, 6.45) is 1.59. The van der Waals surface area contributed by atoms with Crippen LogP contribution in [0.1, 0.15) is 27.3 Å². The molecule has 0 bridgehead atoms. The zero-order valence-electron chi connectivity index (χ0n) is 13.2. The summed E-state index contributed by atoms with van der Waals surface area (Å²) in [5.74, 6) is -1.25. The van der Waals surface area contributed by atoms with Gasteiger partial charge < -0.3 is 9.67 Å². The molecule has 122 valence electrons. The Morgan fingerprint density at radius 1 is 0.875 bits per heavy atom. The Bertz CT molecular complexity index is 823. The molecule has 24 heavy (non-hydrogen) atoms. The Morgan fingerprint density at radius 2 is 1.58 bits per heavy atom. The van der Waals surface area contributed by atoms with Crippen molar-refractivity contribution in [3.05, 3.63) is 95.1 Å². The fourth-order valence-corrected chi connectivity index (χ4v) is 2.79. The molecule has 0 radical (unpaired) electrons. The monoisotopic (exact) mass is 323 g/mol. The minimum Gasteiger partial charge on any atom is -0.477 e. The maximum absolute atomic E-state index is 13.1. The molecule has 1 N–H and O–H groups in total. The molecule has 0 saturated carbocycles. The highest BCUT2D eigenvalue weighted by atomic mass is 19.1. The third-order valence-electron chi connectivity index (χ3n) is 4.06. The summed E-state index contributed by atoms with van der Waals surface area (Å²) >= 11 is 0. The topological polar surface area (TPSA) is 42.2 Å². The highest BCUT2D eigenvalue weighted by molar-refractivity contribution is 5.86. The van der Waals surface area contributed by atoms with Crippen molar-refractivity contribution in [3.63, 3.8) is 0 Å². The van der Waals surface area contributed by atoms with Crippen LogP contribution in [0.25, 0.3) is 0 Å². The van der Waals surface area contributed by atoms with Crippen molar-refractivity contribution >= 4 is 5.97 Å². The van der Waals surface area contributed by atoms with Crippen LogP contribution >= 0.6 is 0 Å². The number of carboxylic acid groups (broad SMARTS) is 1. The molecular formula is C20H18FNO2. The Morgan fingerprint density at radius 3 is 2.25 bits per heavy atom. The normalized spacial score (nSPS) is 10.7. The van der Waals surface area contributed by atoms with E-state index in [0.717, 1.165) is 24.1 Å². The summed E-state index contributed by atoms with van der Waals surface area (Å²) < 4.78 is 14.8. The molecule has 0 amide bonds. The second-order valence-corrected chi connectivity index (χ2v) is 5.71. The number of rotatable bonds is 6. The second-order valence-electron chi connectivity index (χ2n) is 5.71. The largest absolute Gasteiger partial charge is 0.477 e. The van der Waals surface area contributed by atoms with Crippen molar-refractivity contribution in [2.24, 2.45) is 0 Å². The van der Waals surface area contributed by atoms with Gasteiger partial charge in [-0.3, -0.25) is 0 Å². The van der Waals surface area contributed by atoms with Crippen LogP contribution in [0.5, 0.6) is 0 Å². The van der Waals surface area contributed by atoms with Gasteiger partial charge in [0.2, 0.25) is 0 Å². The summed E-state index contributed by atoms with van der Waals surface area (Å²) in [7, 11) is 0. The second kappa shape index (κ2) is 7.13. The molecule has 0 spiro atoms. The molecule has 0 aliphatic carbocycles. The SMILES string of the molecule is O=C(O)c1ccc(CCc2ccccc2)n1Cc1ccc(F)cc1. The van der Waals surface area contributed by atoms with Gasteiger partial charge in [0.15, 0.2) is 0 Å². The van der Waals surface area contributed by atoms with Crippen LogP contribution in [0.2, 0.25) is 0 Å². The molecule has 3 aromatic rings. The van der Waals surface area contributed by atoms with Gasteiger partial charge in [0, 0.05) is 12.2 Å². The Kier molecular flexibility index (Phi) is 4.75. The van der Waals surface area contributed by atoms with Crippen molar-refractivity contribution in [2.45, 2.75) is 19.4 Å². The van der Waals surface area contributed by atoms with Crippen molar-refractivity contribution in [1.82, 2.24) is 4.57 Å². The first-order valence-electron chi connectivity index (χ1n) is 7.83. The van der Waals surface area contributed by atoms with E-state index in [2.05, 4.69) is 12.1 Å². The van der Waals surface area contributed by atoms with Crippen LogP contribution in [-0.2, 0) is 19.4 Å². The summed E-state index contributed by atoms with van der Waals surface area (Å²) in [6.45, 7) is 0.416. The maximum Gasteiger partial charge on any atom is 0.352 e. The molecule has 2 aromatic carbocycles. The number of nitrogens with zero attached hydrogens (tertiary/aromatic N) is 1. The minimum absolute atomic E-state index is 0.252. The first-order chi connectivity index (χ1) is 11.6. The van der Waals surface area contributed by atoms with E-state index in [1.165, 1.54) is 17.7 Å². The summed E-state index contributed by atoms with van der Waals surface area (Å²) in [4.78, 5) is 11.5. The van der Waals surface area contributed by atoms with Crippen LogP contribution in [0.15, 0.2) is 66.7 Å². The van der Waals surface area contributed by atoms with E-state index in [1.54, 1.807) is 22.8 Å². The lowest BCUT2D eigenvalue weighted by atomic mass is 10.1. The predicted octanol–water partition coefficient (Wildman–Crippen LogP) is 4.16. The van der Waals surface area contributed by atoms with Gasteiger partial charge in [-0.25, -0.2) is 9.18 Å². The molecule has 1 heterocycles. The van der Waals surface area contributed by atoms with Crippen LogP contribution in [0, 0.1) is 5.82 Å². The van der Waals surface area contributed by atoms with Crippen molar-refractivity contribution in [2.75, 3.05) is 0 Å². The highest BCUT2D eigenvalue weighted by Gasteiger charge is 2.14. The average molecular weight is 323 g/mol. The first kappa shape index (κ1) is 16.0. The minimum atomic E-state index is -0.955. The number of carbonyl (C=O) groups is 1. The van der Waals surface area contributed by atoms with Crippen LogP contribution < -0.4 is 0 Å². The third kappa shape index (κ3) is 3.71. The smallest absolute Gasteiger partial charge is 0.352 e. The standard InChI is InChI=1S/C20H18FNO2/c21-17-9-6-16(7-10-17)14-22-18(12-13-19(22)20(23)24)11-8-15-4-2-1-3-5-15/h1-7,9-10,12-13H,8,11,14H2,(H,23,24). The summed E-state index contributed by atoms with van der Waals surface area (Å²) in [5, 5.41) is 9.41. The van der Waals surface area contributed by atoms with E-state index >= 15 is 0 Å². The van der Waals surface area contributed by atoms with Crippen LogP contribution in [0.3, 0.4) is 0 Å². The van der Waals surface area contributed by atoms with E-state index in [4.69, 9.17) is 0 Å². The number of aromatic nitrogens is 1. The number of hydrogen-bond acceptors (Lipinski definition) is 1. The van der Waals surface area contributed by atoms with E-state index in [-0.39, 0.29) is 11.5 Å². The zero-order valence-corrected chi connectivity index (χ0v) is 13.2. The van der Waals surface area contributed by atoms with Gasteiger partial charge in [-0.1, -0.05) is 42.5 Å². The number of benzene rings is 2. The number of hydrogen-bond donors (Lipinski definition) is 1. The number of halogens is 1. The molecule has 0 aliphatic heterocycles. The lowest BCUT2D eigenvalue weighted by Gasteiger charge is -2.12. The average Bonchev–Trinajstić information content (AvgIpc) is 2.99. The Labute approximate surface area is 140 Å². The van der Waals surface area contributed by atoms with Gasteiger partial charge in [-0.15, -0.1) is 0 Å². The van der Waals surface area contributed by atoms with Gasteiger partial charge in [-0.05, 0) is 48.2 Å². The fraction of sp³-hybridized carbons (Fsp3) is 0.150. The van der Waals surface area contributed by atoms with E-state index in [0.29, 0.717) is 6.54 Å². The fourth-order valence-electron chi connectivity index (χ4n) is 2.79. The van der Waals surface area contributed by atoms with Crippen molar-refractivity contribution < 1.29 is 14.3 Å². The lowest BCUT2D eigenvalue weighted by molar-refractivity contribution is 0.0685. The number of carboxylic acids is 1. The Balaban J connectivity index is 1.83. The van der Waals surface area contributed by atoms with E-state index in [1.807, 2.05) is 24.3 Å². The molecular weight excluding hydrogens is 305 g/mol. The number of aryl methyl sites for hydroxylation is 2. The predicted molar refractivity (Wildman–Crippen MR) is 90.7 cm³/mol. The van der Waals surface area contributed by atoms with Gasteiger partial charge in [-0.2, -0.15) is 0 Å². The molecule has 0 fully saturated rings. The lowest BCUT2D eigenvalue weighted by Crippen LogP contribution is -2.13. The van der Waals surface area contributed by atoms with Gasteiger partial charge >= 0.3 is 5.97 Å². The van der Waals surface area contributed by atoms with E-state index < -0.39 is 5.97 Å². The summed E-state index contributed by atoms with van der Waals surface area (Å²) in [5.41, 5.74) is 3.29. The molecule has 3 rings (SSSR count). The Hall–Kier alpha value is -2.88. The highest BCUT2D eigenvalue weighted by Crippen LogP contribution is 2.16. The molecule has 0 saturated heterocycles. The van der Waals surface area contributed by atoms with Crippen molar-refractivity contribution in [1.29, 1.82) is 0 Å². The van der Waals surface area contributed by atoms with E-state index in [9.17, 15) is 14.3 Å². The molecule has 1 aromatic heterocycles. The first-order valence-corrected chi connectivity index (χ1v) is 7.83. The quantitative estimate of drug-likeness (QED) is 0.740. The van der Waals surface area contributed by atoms with Gasteiger partial charge in [0.25, 0.3) is 0 Å². The van der Waals surface area contributed by atoms with Gasteiger partial charge in [0.05, 0.1) is 0 Å². The van der Waals surface area contributed by atoms with Crippen molar-refractivity contribution in [3.8, 4) is 0 Å². The molecule has 0 aliphatic rings. The summed E-state index contributed by atoms with van der Waals surface area (Å²) in [6, 6.07) is 19.7. The molecule has 3 nitrogen and oxygen atoms in total. The third-order valence-corrected chi connectivity index (χ3v) is 4.06. The molecule has 0 unspecified atom stereocenters. The molecule has 0 atom stereocenters. The van der Waals surface area contributed by atoms with Gasteiger partial charge in [0.1, 0.15) is 11.5 Å². The van der Waals surface area contributed by atoms with Crippen LogP contribution in [-0.4, -0.2) is 15.6 Å². The zero-order chi connectivity index (χ0) is 16.9. The maximum atomic E-state index is 13.1. The molecule has 4 heteroatoms. The van der Waals surface area contributed by atoms with Crippen LogP contribution in [0.4, 0.5) is 4.39 Å². The number of aromatic carboxylic acids is 1.